The fourth-order valence-electron chi connectivity index (χ4n) is 3.52. The van der Waals surface area contributed by atoms with Crippen LogP contribution in [0.4, 0.5) is 0 Å². The maximum Gasteiger partial charge on any atom is 0.255 e. The SMILES string of the molecule is COc1ccc(Cl)cc1C(=O)NCC(c1ccc(C)cc1)N1CCN(C)CC1. The minimum Gasteiger partial charge on any atom is -0.496 e. The van der Waals surface area contributed by atoms with Crippen molar-refractivity contribution < 1.29 is 9.53 Å². The molecule has 28 heavy (non-hydrogen) atoms. The first-order valence-corrected chi connectivity index (χ1v) is 9.96. The number of methoxy groups -OCH3 is 1. The molecule has 1 amide bonds. The monoisotopic (exact) mass is 401 g/mol. The van der Waals surface area contributed by atoms with Gasteiger partial charge in [0.05, 0.1) is 18.7 Å². The van der Waals surface area contributed by atoms with Gasteiger partial charge in [-0.25, -0.2) is 0 Å². The zero-order valence-electron chi connectivity index (χ0n) is 16.7. The van der Waals surface area contributed by atoms with Crippen molar-refractivity contribution in [1.82, 2.24) is 15.1 Å². The summed E-state index contributed by atoms with van der Waals surface area (Å²) < 4.78 is 5.32. The maximum atomic E-state index is 12.8. The van der Waals surface area contributed by atoms with E-state index in [9.17, 15) is 4.79 Å². The van der Waals surface area contributed by atoms with Crippen LogP contribution in [-0.4, -0.2) is 62.6 Å². The van der Waals surface area contributed by atoms with Crippen LogP contribution in [0.2, 0.25) is 5.02 Å². The Morgan fingerprint density at radius 3 is 2.46 bits per heavy atom. The molecule has 2 aromatic rings. The van der Waals surface area contributed by atoms with E-state index in [0.29, 0.717) is 22.9 Å². The molecule has 1 aliphatic rings. The summed E-state index contributed by atoms with van der Waals surface area (Å²) >= 11 is 6.08. The molecule has 1 saturated heterocycles. The molecule has 2 aromatic carbocycles. The van der Waals surface area contributed by atoms with Gasteiger partial charge >= 0.3 is 0 Å². The summed E-state index contributed by atoms with van der Waals surface area (Å²) in [5, 5.41) is 3.60. The predicted octanol–water partition coefficient (Wildman–Crippen LogP) is 3.38. The number of halogens is 1. The molecular weight excluding hydrogens is 374 g/mol. The molecule has 5 nitrogen and oxygen atoms in total. The van der Waals surface area contributed by atoms with Gasteiger partial charge in [0.15, 0.2) is 0 Å². The Morgan fingerprint density at radius 1 is 1.14 bits per heavy atom. The van der Waals surface area contributed by atoms with Crippen LogP contribution >= 0.6 is 11.6 Å². The zero-order chi connectivity index (χ0) is 20.1. The topological polar surface area (TPSA) is 44.8 Å². The van der Waals surface area contributed by atoms with E-state index in [1.165, 1.54) is 11.1 Å². The third-order valence-corrected chi connectivity index (χ3v) is 5.54. The van der Waals surface area contributed by atoms with E-state index in [-0.39, 0.29) is 11.9 Å². The van der Waals surface area contributed by atoms with Crippen molar-refractivity contribution in [2.75, 3.05) is 46.9 Å². The fourth-order valence-corrected chi connectivity index (χ4v) is 3.69. The van der Waals surface area contributed by atoms with Crippen molar-refractivity contribution in [2.45, 2.75) is 13.0 Å². The van der Waals surface area contributed by atoms with E-state index in [1.807, 2.05) is 0 Å². The van der Waals surface area contributed by atoms with Crippen LogP contribution in [0.5, 0.6) is 5.75 Å². The lowest BCUT2D eigenvalue weighted by molar-refractivity contribution is 0.0883. The normalized spacial score (nSPS) is 16.6. The maximum absolute atomic E-state index is 12.8. The highest BCUT2D eigenvalue weighted by molar-refractivity contribution is 6.31. The number of amides is 1. The second kappa shape index (κ2) is 9.41. The summed E-state index contributed by atoms with van der Waals surface area (Å²) in [7, 11) is 3.70. The van der Waals surface area contributed by atoms with Crippen LogP contribution in [-0.2, 0) is 0 Å². The van der Waals surface area contributed by atoms with Gasteiger partial charge in [-0.05, 0) is 37.7 Å². The Hall–Kier alpha value is -2.08. The minimum absolute atomic E-state index is 0.128. The van der Waals surface area contributed by atoms with Gasteiger partial charge in [0.1, 0.15) is 5.75 Å². The average Bonchev–Trinajstić information content (AvgIpc) is 2.70. The standard InChI is InChI=1S/C22H28ClN3O2/c1-16-4-6-17(7-5-16)20(26-12-10-25(2)11-13-26)15-24-22(27)19-14-18(23)8-9-21(19)28-3/h4-9,14,20H,10-13,15H2,1-3H3,(H,24,27). The Morgan fingerprint density at radius 2 is 1.82 bits per heavy atom. The second-order valence-corrected chi connectivity index (χ2v) is 7.76. The molecule has 1 N–H and O–H groups in total. The highest BCUT2D eigenvalue weighted by Gasteiger charge is 2.25. The smallest absolute Gasteiger partial charge is 0.255 e. The number of hydrogen-bond donors (Lipinski definition) is 1. The van der Waals surface area contributed by atoms with Crippen LogP contribution in [0.25, 0.3) is 0 Å². The van der Waals surface area contributed by atoms with Crippen molar-refractivity contribution in [2.24, 2.45) is 0 Å². The molecule has 0 bridgehead atoms. The molecule has 1 aliphatic heterocycles. The van der Waals surface area contributed by atoms with E-state index >= 15 is 0 Å². The highest BCUT2D eigenvalue weighted by atomic mass is 35.5. The predicted molar refractivity (Wildman–Crippen MR) is 113 cm³/mol. The summed E-state index contributed by atoms with van der Waals surface area (Å²) in [4.78, 5) is 17.6. The van der Waals surface area contributed by atoms with Gasteiger partial charge in [-0.15, -0.1) is 0 Å². The molecule has 0 aromatic heterocycles. The van der Waals surface area contributed by atoms with Gasteiger partial charge in [-0.1, -0.05) is 41.4 Å². The number of piperazine rings is 1. The van der Waals surface area contributed by atoms with Crippen LogP contribution in [0.1, 0.15) is 27.5 Å². The first-order valence-electron chi connectivity index (χ1n) is 9.59. The second-order valence-electron chi connectivity index (χ2n) is 7.32. The lowest BCUT2D eigenvalue weighted by Gasteiger charge is -2.38. The lowest BCUT2D eigenvalue weighted by atomic mass is 10.0. The van der Waals surface area contributed by atoms with Crippen molar-refractivity contribution in [3.05, 3.63) is 64.2 Å². The first-order chi connectivity index (χ1) is 13.5. The largest absolute Gasteiger partial charge is 0.496 e. The van der Waals surface area contributed by atoms with Gasteiger partial charge in [0, 0.05) is 37.7 Å². The molecule has 0 radical (unpaired) electrons. The Kier molecular flexibility index (Phi) is 6.94. The van der Waals surface area contributed by atoms with Crippen LogP contribution in [0, 0.1) is 6.92 Å². The third-order valence-electron chi connectivity index (χ3n) is 5.30. The molecule has 1 fully saturated rings. The first kappa shape index (κ1) is 20.6. The van der Waals surface area contributed by atoms with Gasteiger partial charge in [0.2, 0.25) is 0 Å². The fraction of sp³-hybridized carbons (Fsp3) is 0.409. The number of aryl methyl sites for hydroxylation is 1. The molecule has 1 heterocycles. The van der Waals surface area contributed by atoms with Gasteiger partial charge < -0.3 is 15.0 Å². The summed E-state index contributed by atoms with van der Waals surface area (Å²) in [5.74, 6) is 0.346. The summed E-state index contributed by atoms with van der Waals surface area (Å²) in [5.41, 5.74) is 2.90. The lowest BCUT2D eigenvalue weighted by Crippen LogP contribution is -2.48. The summed E-state index contributed by atoms with van der Waals surface area (Å²) in [6.45, 7) is 6.62. The van der Waals surface area contributed by atoms with Crippen molar-refractivity contribution in [3.63, 3.8) is 0 Å². The Bertz CT molecular complexity index is 802. The molecule has 0 aliphatic carbocycles. The van der Waals surface area contributed by atoms with Crippen molar-refractivity contribution in [3.8, 4) is 5.75 Å². The molecule has 1 atom stereocenters. The summed E-state index contributed by atoms with van der Waals surface area (Å²) in [6, 6.07) is 13.8. The van der Waals surface area contributed by atoms with Crippen LogP contribution in [0.3, 0.4) is 0 Å². The number of nitrogens with zero attached hydrogens (tertiary/aromatic N) is 2. The van der Waals surface area contributed by atoms with E-state index in [1.54, 1.807) is 25.3 Å². The minimum atomic E-state index is -0.175. The van der Waals surface area contributed by atoms with Gasteiger partial charge in [-0.2, -0.15) is 0 Å². The molecule has 1 unspecified atom stereocenters. The number of hydrogen-bond acceptors (Lipinski definition) is 4. The van der Waals surface area contributed by atoms with E-state index in [4.69, 9.17) is 16.3 Å². The summed E-state index contributed by atoms with van der Waals surface area (Å²) in [6.07, 6.45) is 0. The van der Waals surface area contributed by atoms with Gasteiger partial charge in [-0.3, -0.25) is 9.69 Å². The van der Waals surface area contributed by atoms with E-state index < -0.39 is 0 Å². The number of ether oxygens (including phenoxy) is 1. The number of likely N-dealkylation sites (N-methyl/N-ethyl adjacent to an activating group) is 1. The molecular formula is C22H28ClN3O2. The average molecular weight is 402 g/mol. The number of nitrogens with one attached hydrogen (secondary N) is 1. The Labute approximate surface area is 172 Å². The highest BCUT2D eigenvalue weighted by Crippen LogP contribution is 2.25. The molecule has 150 valence electrons. The van der Waals surface area contributed by atoms with Crippen molar-refractivity contribution in [1.29, 1.82) is 0 Å². The zero-order valence-corrected chi connectivity index (χ0v) is 17.5. The molecule has 6 heteroatoms. The number of benzene rings is 2. The molecule has 0 spiro atoms. The number of carbonyl (C=O) groups excluding carboxylic acids is 1. The number of rotatable bonds is 6. The molecule has 3 rings (SSSR count). The Balaban J connectivity index is 1.77. The third kappa shape index (κ3) is 5.04. The van der Waals surface area contributed by atoms with Gasteiger partial charge in [0.25, 0.3) is 5.91 Å². The van der Waals surface area contributed by atoms with Crippen molar-refractivity contribution >= 4 is 17.5 Å². The number of carbonyl (C=O) groups is 1. The van der Waals surface area contributed by atoms with Crippen LogP contribution < -0.4 is 10.1 Å². The van der Waals surface area contributed by atoms with Crippen LogP contribution in [0.15, 0.2) is 42.5 Å². The van der Waals surface area contributed by atoms with E-state index in [2.05, 4.69) is 53.4 Å². The molecule has 0 saturated carbocycles. The quantitative estimate of drug-likeness (QED) is 0.806. The van der Waals surface area contributed by atoms with E-state index in [0.717, 1.165) is 26.2 Å².